The largest absolute Gasteiger partial charge is 0.398 e. The predicted molar refractivity (Wildman–Crippen MR) is 77.0 cm³/mol. The van der Waals surface area contributed by atoms with Crippen LogP contribution in [0.1, 0.15) is 31.1 Å². The second-order valence-electron chi connectivity index (χ2n) is 4.58. The molecule has 1 aliphatic rings. The fourth-order valence-corrected chi connectivity index (χ4v) is 2.15. The Morgan fingerprint density at radius 2 is 1.71 bits per heavy atom. The minimum absolute atomic E-state index is 0.249. The summed E-state index contributed by atoms with van der Waals surface area (Å²) < 4.78 is 0. The monoisotopic (exact) mass is 281 g/mol. The highest BCUT2D eigenvalue weighted by Gasteiger charge is 2.26. The molecule has 4 N–H and O–H groups in total. The van der Waals surface area contributed by atoms with Gasteiger partial charge in [0.05, 0.1) is 16.7 Å². The first kappa shape index (κ1) is 12.9. The van der Waals surface area contributed by atoms with E-state index in [1.165, 1.54) is 12.1 Å². The fourth-order valence-electron chi connectivity index (χ4n) is 2.15. The standard InChI is InChI=1S/C15H11N3O3/c16-12-4-2-1-3-10(12)14(20)17-8-5-6-9-11(7-8)15(21)18-13(9)19/h1-7H,16H2,(H,17,20)(H,18,19,21). The molecular formula is C15H11N3O3. The number of carbonyl (C=O) groups is 3. The van der Waals surface area contributed by atoms with Crippen LogP contribution in [0.25, 0.3) is 0 Å². The van der Waals surface area contributed by atoms with Crippen molar-refractivity contribution in [1.29, 1.82) is 0 Å². The van der Waals surface area contributed by atoms with Gasteiger partial charge in [-0.2, -0.15) is 0 Å². The Morgan fingerprint density at radius 1 is 1.00 bits per heavy atom. The van der Waals surface area contributed by atoms with E-state index in [2.05, 4.69) is 10.6 Å². The minimum Gasteiger partial charge on any atom is -0.398 e. The van der Waals surface area contributed by atoms with Gasteiger partial charge in [-0.05, 0) is 30.3 Å². The van der Waals surface area contributed by atoms with Crippen molar-refractivity contribution in [3.63, 3.8) is 0 Å². The second kappa shape index (κ2) is 4.75. The van der Waals surface area contributed by atoms with Gasteiger partial charge >= 0.3 is 0 Å². The lowest BCUT2D eigenvalue weighted by Crippen LogP contribution is -2.19. The van der Waals surface area contributed by atoms with Crippen molar-refractivity contribution in [2.45, 2.75) is 0 Å². The first-order valence-corrected chi connectivity index (χ1v) is 6.22. The maximum Gasteiger partial charge on any atom is 0.259 e. The average molecular weight is 281 g/mol. The van der Waals surface area contributed by atoms with Gasteiger partial charge in [0, 0.05) is 11.4 Å². The van der Waals surface area contributed by atoms with E-state index in [0.717, 1.165) is 0 Å². The van der Waals surface area contributed by atoms with Gasteiger partial charge in [0.1, 0.15) is 0 Å². The number of imide groups is 1. The Morgan fingerprint density at radius 3 is 2.48 bits per heavy atom. The number of nitrogen functional groups attached to an aromatic ring is 1. The van der Waals surface area contributed by atoms with Crippen LogP contribution in [0, 0.1) is 0 Å². The Hall–Kier alpha value is -3.15. The van der Waals surface area contributed by atoms with Gasteiger partial charge in [0.25, 0.3) is 17.7 Å². The zero-order chi connectivity index (χ0) is 15.0. The highest BCUT2D eigenvalue weighted by atomic mass is 16.2. The zero-order valence-corrected chi connectivity index (χ0v) is 10.8. The molecule has 2 aromatic carbocycles. The van der Waals surface area contributed by atoms with Gasteiger partial charge in [0.2, 0.25) is 0 Å². The van der Waals surface area contributed by atoms with Gasteiger partial charge in [-0.3, -0.25) is 19.7 Å². The highest BCUT2D eigenvalue weighted by molar-refractivity contribution is 6.22. The molecule has 0 unspecified atom stereocenters. The summed E-state index contributed by atoms with van der Waals surface area (Å²) in [5, 5.41) is 4.85. The fraction of sp³-hybridized carbons (Fsp3) is 0. The number of anilines is 2. The maximum absolute atomic E-state index is 12.1. The lowest BCUT2D eigenvalue weighted by Gasteiger charge is -2.08. The van der Waals surface area contributed by atoms with E-state index in [1.807, 2.05) is 0 Å². The zero-order valence-electron chi connectivity index (χ0n) is 10.8. The quantitative estimate of drug-likeness (QED) is 0.572. The molecule has 6 heteroatoms. The number of hydrogen-bond donors (Lipinski definition) is 3. The van der Waals surface area contributed by atoms with Crippen molar-refractivity contribution in [1.82, 2.24) is 5.32 Å². The smallest absolute Gasteiger partial charge is 0.259 e. The molecule has 2 aromatic rings. The van der Waals surface area contributed by atoms with Crippen LogP contribution in [-0.2, 0) is 0 Å². The van der Waals surface area contributed by atoms with Crippen molar-refractivity contribution in [2.24, 2.45) is 0 Å². The van der Waals surface area contributed by atoms with Crippen LogP contribution in [0.3, 0.4) is 0 Å². The Balaban J connectivity index is 1.88. The van der Waals surface area contributed by atoms with E-state index >= 15 is 0 Å². The molecule has 0 bridgehead atoms. The third-order valence-electron chi connectivity index (χ3n) is 3.20. The van der Waals surface area contributed by atoms with Gasteiger partial charge in [0.15, 0.2) is 0 Å². The lowest BCUT2D eigenvalue weighted by molar-refractivity contribution is 0.0878. The summed E-state index contributed by atoms with van der Waals surface area (Å²) >= 11 is 0. The summed E-state index contributed by atoms with van der Waals surface area (Å²) in [6, 6.07) is 11.2. The number of nitrogens with two attached hydrogens (primary N) is 1. The minimum atomic E-state index is -0.467. The Bertz CT molecular complexity index is 783. The molecule has 0 aromatic heterocycles. The number of benzene rings is 2. The summed E-state index contributed by atoms with van der Waals surface area (Å²) in [5.41, 5.74) is 7.42. The average Bonchev–Trinajstić information content (AvgIpc) is 2.74. The van der Waals surface area contributed by atoms with Gasteiger partial charge in [-0.25, -0.2) is 0 Å². The van der Waals surface area contributed by atoms with Crippen LogP contribution in [-0.4, -0.2) is 17.7 Å². The number of fused-ring (bicyclic) bond motifs is 1. The molecule has 6 nitrogen and oxygen atoms in total. The van der Waals surface area contributed by atoms with Gasteiger partial charge in [-0.15, -0.1) is 0 Å². The summed E-state index contributed by atoms with van der Waals surface area (Å²) in [7, 11) is 0. The summed E-state index contributed by atoms with van der Waals surface area (Å²) in [6.07, 6.45) is 0. The number of nitrogens with one attached hydrogen (secondary N) is 2. The molecule has 104 valence electrons. The van der Waals surface area contributed by atoms with E-state index in [-0.39, 0.29) is 11.5 Å². The number of hydrogen-bond acceptors (Lipinski definition) is 4. The topological polar surface area (TPSA) is 101 Å². The molecule has 0 saturated carbocycles. The Kier molecular flexibility index (Phi) is 2.91. The van der Waals surface area contributed by atoms with E-state index < -0.39 is 11.8 Å². The third kappa shape index (κ3) is 2.23. The van der Waals surface area contributed by atoms with E-state index in [1.54, 1.807) is 30.3 Å². The number of para-hydroxylation sites is 1. The SMILES string of the molecule is Nc1ccccc1C(=O)Nc1ccc2c(c1)C(=O)NC2=O. The first-order valence-electron chi connectivity index (χ1n) is 6.22. The number of carbonyl (C=O) groups excluding carboxylic acids is 3. The molecule has 0 fully saturated rings. The van der Waals surface area contributed by atoms with Crippen molar-refractivity contribution >= 4 is 29.1 Å². The van der Waals surface area contributed by atoms with E-state index in [4.69, 9.17) is 5.73 Å². The molecular weight excluding hydrogens is 270 g/mol. The third-order valence-corrected chi connectivity index (χ3v) is 3.20. The van der Waals surface area contributed by atoms with Crippen molar-refractivity contribution < 1.29 is 14.4 Å². The van der Waals surface area contributed by atoms with E-state index in [9.17, 15) is 14.4 Å². The molecule has 0 saturated heterocycles. The highest BCUT2D eigenvalue weighted by Crippen LogP contribution is 2.21. The molecule has 0 radical (unpaired) electrons. The second-order valence-corrected chi connectivity index (χ2v) is 4.58. The maximum atomic E-state index is 12.1. The number of amides is 3. The molecule has 0 aliphatic carbocycles. The van der Waals surface area contributed by atoms with Crippen LogP contribution in [0.2, 0.25) is 0 Å². The van der Waals surface area contributed by atoms with Crippen LogP contribution >= 0.6 is 0 Å². The molecule has 0 atom stereocenters. The Labute approximate surface area is 120 Å². The van der Waals surface area contributed by atoms with Crippen molar-refractivity contribution in [3.05, 3.63) is 59.2 Å². The van der Waals surface area contributed by atoms with Crippen LogP contribution < -0.4 is 16.4 Å². The lowest BCUT2D eigenvalue weighted by atomic mass is 10.1. The summed E-state index contributed by atoms with van der Waals surface area (Å²) in [5.74, 6) is -1.27. The van der Waals surface area contributed by atoms with Crippen molar-refractivity contribution in [2.75, 3.05) is 11.1 Å². The molecule has 3 rings (SSSR count). The van der Waals surface area contributed by atoms with Crippen LogP contribution in [0.15, 0.2) is 42.5 Å². The molecule has 1 heterocycles. The van der Waals surface area contributed by atoms with Crippen LogP contribution in [0.4, 0.5) is 11.4 Å². The van der Waals surface area contributed by atoms with Gasteiger partial charge < -0.3 is 11.1 Å². The molecule has 0 spiro atoms. The number of rotatable bonds is 2. The summed E-state index contributed by atoms with van der Waals surface area (Å²) in [4.78, 5) is 35.1. The molecule has 1 aliphatic heterocycles. The van der Waals surface area contributed by atoms with Gasteiger partial charge in [-0.1, -0.05) is 12.1 Å². The van der Waals surface area contributed by atoms with Crippen LogP contribution in [0.5, 0.6) is 0 Å². The molecule has 3 amide bonds. The van der Waals surface area contributed by atoms with Crippen molar-refractivity contribution in [3.8, 4) is 0 Å². The molecule has 21 heavy (non-hydrogen) atoms. The summed E-state index contributed by atoms with van der Waals surface area (Å²) in [6.45, 7) is 0. The predicted octanol–water partition coefficient (Wildman–Crippen LogP) is 1.40. The first-order chi connectivity index (χ1) is 10.1. The normalized spacial score (nSPS) is 12.8. The van der Waals surface area contributed by atoms with E-state index in [0.29, 0.717) is 22.5 Å².